The summed E-state index contributed by atoms with van der Waals surface area (Å²) in [5, 5.41) is 18.6. The predicted octanol–water partition coefficient (Wildman–Crippen LogP) is -0.712. The third-order valence-electron chi connectivity index (χ3n) is 2.37. The molecule has 0 amide bonds. The molecule has 60 valence electrons. The van der Waals surface area contributed by atoms with E-state index in [-0.39, 0.29) is 24.2 Å². The van der Waals surface area contributed by atoms with Crippen molar-refractivity contribution >= 4 is 0 Å². The molecule has 10 heavy (non-hydrogen) atoms. The maximum atomic E-state index is 9.32. The number of aliphatic hydroxyl groups is 2. The van der Waals surface area contributed by atoms with Crippen LogP contribution in [0.5, 0.6) is 0 Å². The first-order chi connectivity index (χ1) is 4.55. The highest BCUT2D eigenvalue weighted by Gasteiger charge is 2.47. The highest BCUT2D eigenvalue weighted by atomic mass is 16.3. The predicted molar refractivity (Wildman–Crippen MR) is 38.7 cm³/mol. The first-order valence-electron chi connectivity index (χ1n) is 3.58. The molecule has 2 N–H and O–H groups in total. The zero-order chi connectivity index (χ0) is 7.89. The van der Waals surface area contributed by atoms with Gasteiger partial charge in [-0.05, 0) is 14.1 Å². The quantitative estimate of drug-likeness (QED) is 0.512. The summed E-state index contributed by atoms with van der Waals surface area (Å²) in [6.45, 7) is 1.86. The maximum Gasteiger partial charge on any atom is 0.0771 e. The summed E-state index contributed by atoms with van der Waals surface area (Å²) in [5.41, 5.74) is 0. The Kier molecular flexibility index (Phi) is 1.99. The largest absolute Gasteiger partial charge is 0.391 e. The lowest BCUT2D eigenvalue weighted by atomic mass is 9.74. The number of hydrogen-bond donors (Lipinski definition) is 2. The summed E-state index contributed by atoms with van der Waals surface area (Å²) in [7, 11) is 3.73. The first kappa shape index (κ1) is 7.98. The summed E-state index contributed by atoms with van der Waals surface area (Å²) < 4.78 is 0. The van der Waals surface area contributed by atoms with E-state index < -0.39 is 0 Å². The van der Waals surface area contributed by atoms with Crippen LogP contribution in [0.3, 0.4) is 0 Å². The van der Waals surface area contributed by atoms with Crippen molar-refractivity contribution in [1.29, 1.82) is 0 Å². The summed E-state index contributed by atoms with van der Waals surface area (Å²) in [6.07, 6.45) is -0.713. The van der Waals surface area contributed by atoms with Crippen LogP contribution in [0.4, 0.5) is 0 Å². The van der Waals surface area contributed by atoms with Gasteiger partial charge in [-0.3, -0.25) is 0 Å². The van der Waals surface area contributed by atoms with Crippen LogP contribution in [0.15, 0.2) is 0 Å². The minimum absolute atomic E-state index is 0.0346. The van der Waals surface area contributed by atoms with E-state index in [1.165, 1.54) is 0 Å². The highest BCUT2D eigenvalue weighted by molar-refractivity contribution is 5.00. The van der Waals surface area contributed by atoms with Gasteiger partial charge in [-0.15, -0.1) is 0 Å². The van der Waals surface area contributed by atoms with E-state index in [0.29, 0.717) is 0 Å². The second kappa shape index (κ2) is 2.49. The molecule has 2 unspecified atom stereocenters. The number of nitrogens with zero attached hydrogens (tertiary/aromatic N) is 1. The van der Waals surface area contributed by atoms with Crippen LogP contribution in [-0.4, -0.2) is 47.5 Å². The molecule has 0 aromatic carbocycles. The van der Waals surface area contributed by atoms with Gasteiger partial charge in [-0.1, -0.05) is 6.92 Å². The molecule has 0 heterocycles. The fraction of sp³-hybridized carbons (Fsp3) is 1.00. The molecule has 0 bridgehead atoms. The molecule has 3 heteroatoms. The molecule has 2 atom stereocenters. The Labute approximate surface area is 61.3 Å². The van der Waals surface area contributed by atoms with Gasteiger partial charge in [-0.25, -0.2) is 0 Å². The number of likely N-dealkylation sites (N-methyl/N-ethyl adjacent to an activating group) is 1. The van der Waals surface area contributed by atoms with Crippen LogP contribution < -0.4 is 0 Å². The first-order valence-corrected chi connectivity index (χ1v) is 3.58. The summed E-state index contributed by atoms with van der Waals surface area (Å²) in [6, 6.07) is -0.0602. The summed E-state index contributed by atoms with van der Waals surface area (Å²) in [5.74, 6) is 0.0346. The molecule has 0 spiro atoms. The van der Waals surface area contributed by atoms with Gasteiger partial charge in [0.2, 0.25) is 0 Å². The molecule has 3 nitrogen and oxygen atoms in total. The van der Waals surface area contributed by atoms with Gasteiger partial charge in [0.15, 0.2) is 0 Å². The molecule has 1 rings (SSSR count). The monoisotopic (exact) mass is 145 g/mol. The van der Waals surface area contributed by atoms with E-state index in [4.69, 9.17) is 0 Å². The lowest BCUT2D eigenvalue weighted by molar-refractivity contribution is -0.148. The second-order valence-corrected chi connectivity index (χ2v) is 3.29. The van der Waals surface area contributed by atoms with Crippen molar-refractivity contribution in [3.8, 4) is 0 Å². The van der Waals surface area contributed by atoms with Crippen molar-refractivity contribution in [3.05, 3.63) is 0 Å². The topological polar surface area (TPSA) is 43.7 Å². The van der Waals surface area contributed by atoms with Gasteiger partial charge in [-0.2, -0.15) is 0 Å². The zero-order valence-electron chi connectivity index (χ0n) is 6.65. The zero-order valence-corrected chi connectivity index (χ0v) is 6.65. The highest BCUT2D eigenvalue weighted by Crippen LogP contribution is 2.30. The van der Waals surface area contributed by atoms with E-state index in [1.807, 2.05) is 25.9 Å². The van der Waals surface area contributed by atoms with E-state index >= 15 is 0 Å². The second-order valence-electron chi connectivity index (χ2n) is 3.29. The van der Waals surface area contributed by atoms with Crippen LogP contribution in [0.1, 0.15) is 6.92 Å². The van der Waals surface area contributed by atoms with Crippen molar-refractivity contribution < 1.29 is 10.2 Å². The maximum absolute atomic E-state index is 9.32. The fourth-order valence-electron chi connectivity index (χ4n) is 1.49. The molecule has 0 aromatic rings. The van der Waals surface area contributed by atoms with Crippen LogP contribution >= 0.6 is 0 Å². The standard InChI is InChI=1S/C7H15NO2/c1-4-6(9)5(7(4)10)8(2)3/h4-7,9-10H,1-3H3. The molecule has 0 aliphatic heterocycles. The lowest BCUT2D eigenvalue weighted by Gasteiger charge is -2.47. The Morgan fingerprint density at radius 2 is 1.50 bits per heavy atom. The van der Waals surface area contributed by atoms with Crippen molar-refractivity contribution in [2.45, 2.75) is 25.2 Å². The van der Waals surface area contributed by atoms with Gasteiger partial charge in [0, 0.05) is 5.92 Å². The van der Waals surface area contributed by atoms with Crippen LogP contribution in [0, 0.1) is 5.92 Å². The third-order valence-corrected chi connectivity index (χ3v) is 2.37. The van der Waals surface area contributed by atoms with E-state index in [2.05, 4.69) is 0 Å². The van der Waals surface area contributed by atoms with E-state index in [0.717, 1.165) is 0 Å². The molecule has 0 saturated heterocycles. The van der Waals surface area contributed by atoms with Crippen molar-refractivity contribution in [2.24, 2.45) is 5.92 Å². The Bertz CT molecular complexity index is 117. The molecule has 0 radical (unpaired) electrons. The molecule has 1 aliphatic rings. The molecular weight excluding hydrogens is 130 g/mol. The molecule has 1 saturated carbocycles. The van der Waals surface area contributed by atoms with Crippen molar-refractivity contribution in [1.82, 2.24) is 4.90 Å². The van der Waals surface area contributed by atoms with Gasteiger partial charge in [0.1, 0.15) is 0 Å². The fourth-order valence-corrected chi connectivity index (χ4v) is 1.49. The average Bonchev–Trinajstić information content (AvgIpc) is 1.87. The van der Waals surface area contributed by atoms with Gasteiger partial charge >= 0.3 is 0 Å². The molecule has 1 fully saturated rings. The molecule has 0 aromatic heterocycles. The Hall–Kier alpha value is -0.120. The van der Waals surface area contributed by atoms with Crippen LogP contribution in [-0.2, 0) is 0 Å². The Morgan fingerprint density at radius 1 is 1.10 bits per heavy atom. The summed E-state index contributed by atoms with van der Waals surface area (Å²) in [4.78, 5) is 1.86. The average molecular weight is 145 g/mol. The third kappa shape index (κ3) is 0.944. The number of rotatable bonds is 1. The molecule has 1 aliphatic carbocycles. The SMILES string of the molecule is CC1C(O)C(N(C)C)C1O. The lowest BCUT2D eigenvalue weighted by Crippen LogP contribution is -2.64. The van der Waals surface area contributed by atoms with E-state index in [9.17, 15) is 10.2 Å². The minimum Gasteiger partial charge on any atom is -0.391 e. The normalized spacial score (nSPS) is 47.4. The van der Waals surface area contributed by atoms with E-state index in [1.54, 1.807) is 0 Å². The number of hydrogen-bond acceptors (Lipinski definition) is 3. The van der Waals surface area contributed by atoms with Crippen LogP contribution in [0.25, 0.3) is 0 Å². The Balaban J connectivity index is 2.49. The van der Waals surface area contributed by atoms with Gasteiger partial charge < -0.3 is 15.1 Å². The van der Waals surface area contributed by atoms with Crippen molar-refractivity contribution in [3.63, 3.8) is 0 Å². The minimum atomic E-state index is -0.356. The van der Waals surface area contributed by atoms with Gasteiger partial charge in [0.05, 0.1) is 18.2 Å². The van der Waals surface area contributed by atoms with Gasteiger partial charge in [0.25, 0.3) is 0 Å². The van der Waals surface area contributed by atoms with Crippen molar-refractivity contribution in [2.75, 3.05) is 14.1 Å². The van der Waals surface area contributed by atoms with Crippen LogP contribution in [0.2, 0.25) is 0 Å². The Morgan fingerprint density at radius 3 is 1.70 bits per heavy atom. The smallest absolute Gasteiger partial charge is 0.0771 e. The number of aliphatic hydroxyl groups excluding tert-OH is 2. The molecular formula is C7H15NO2. The summed E-state index contributed by atoms with van der Waals surface area (Å²) >= 11 is 0.